The fourth-order valence-electron chi connectivity index (χ4n) is 3.89. The highest BCUT2D eigenvalue weighted by Gasteiger charge is 2.59. The molecule has 0 saturated heterocycles. The topological polar surface area (TPSA) is 9.23 Å². The Balaban J connectivity index is 1.89. The summed E-state index contributed by atoms with van der Waals surface area (Å²) in [5.74, 6) is 0.986. The van der Waals surface area contributed by atoms with Crippen LogP contribution in [-0.2, 0) is 4.74 Å². The van der Waals surface area contributed by atoms with Crippen LogP contribution in [0.3, 0.4) is 0 Å². The van der Waals surface area contributed by atoms with Crippen molar-refractivity contribution in [2.75, 3.05) is 0 Å². The van der Waals surface area contributed by atoms with Crippen molar-refractivity contribution in [3.05, 3.63) is 0 Å². The molecule has 0 heterocycles. The molecule has 2 fully saturated rings. The van der Waals surface area contributed by atoms with Crippen LogP contribution in [-0.4, -0.2) is 30.7 Å². The number of ether oxygens (including phenoxy) is 1. The van der Waals surface area contributed by atoms with Crippen LogP contribution in [0.4, 0.5) is 30.7 Å². The molecule has 0 N–H and O–H groups in total. The van der Waals surface area contributed by atoms with E-state index in [1.165, 1.54) is 0 Å². The van der Waals surface area contributed by atoms with E-state index >= 15 is 0 Å². The maximum Gasteiger partial charge on any atom is 0.428 e. The first-order chi connectivity index (χ1) is 11.0. The second-order valence-corrected chi connectivity index (χ2v) is 7.23. The number of halogens is 7. The SMILES string of the molecule is CC1CCC(C2CCC(OC(F)(F)C(F)C(F)(F)F)C(F)C2)CC1. The van der Waals surface area contributed by atoms with Crippen molar-refractivity contribution >= 4 is 0 Å². The first-order valence-electron chi connectivity index (χ1n) is 8.41. The van der Waals surface area contributed by atoms with Crippen LogP contribution in [0.2, 0.25) is 0 Å². The molecule has 2 saturated carbocycles. The summed E-state index contributed by atoms with van der Waals surface area (Å²) in [5, 5.41) is 0. The third-order valence-electron chi connectivity index (χ3n) is 5.37. The van der Waals surface area contributed by atoms with Crippen molar-refractivity contribution in [1.29, 1.82) is 0 Å². The van der Waals surface area contributed by atoms with Gasteiger partial charge in [-0.15, -0.1) is 0 Å². The molecule has 8 heteroatoms. The number of hydrogen-bond acceptors (Lipinski definition) is 1. The summed E-state index contributed by atoms with van der Waals surface area (Å²) >= 11 is 0. The highest BCUT2D eigenvalue weighted by Crippen LogP contribution is 2.43. The Morgan fingerprint density at radius 1 is 0.875 bits per heavy atom. The second kappa shape index (κ2) is 7.38. The molecule has 1 nitrogen and oxygen atoms in total. The molecule has 0 bridgehead atoms. The van der Waals surface area contributed by atoms with E-state index in [4.69, 9.17) is 0 Å². The molecular formula is C16H23F7O. The zero-order valence-electron chi connectivity index (χ0n) is 13.5. The minimum absolute atomic E-state index is 0.0111. The quantitative estimate of drug-likeness (QED) is 0.571. The first kappa shape index (κ1) is 19.8. The molecular weight excluding hydrogens is 341 g/mol. The van der Waals surface area contributed by atoms with Crippen molar-refractivity contribution < 1.29 is 35.5 Å². The lowest BCUT2D eigenvalue weighted by Gasteiger charge is -2.39. The van der Waals surface area contributed by atoms with E-state index in [0.717, 1.165) is 25.7 Å². The van der Waals surface area contributed by atoms with E-state index in [1.54, 1.807) is 0 Å². The summed E-state index contributed by atoms with van der Waals surface area (Å²) in [6.45, 7) is 2.15. The predicted octanol–water partition coefficient (Wildman–Crippen LogP) is 5.83. The van der Waals surface area contributed by atoms with Gasteiger partial charge in [0.15, 0.2) is 0 Å². The zero-order valence-corrected chi connectivity index (χ0v) is 13.5. The Morgan fingerprint density at radius 2 is 1.42 bits per heavy atom. The number of hydrogen-bond donors (Lipinski definition) is 0. The van der Waals surface area contributed by atoms with Crippen molar-refractivity contribution in [2.45, 2.75) is 82.6 Å². The van der Waals surface area contributed by atoms with Crippen molar-refractivity contribution in [2.24, 2.45) is 17.8 Å². The van der Waals surface area contributed by atoms with Gasteiger partial charge in [0.1, 0.15) is 6.17 Å². The van der Waals surface area contributed by atoms with Gasteiger partial charge >= 0.3 is 12.3 Å². The van der Waals surface area contributed by atoms with Gasteiger partial charge in [-0.2, -0.15) is 22.0 Å². The Morgan fingerprint density at radius 3 is 1.92 bits per heavy atom. The Labute approximate surface area is 136 Å². The maximum absolute atomic E-state index is 14.2. The van der Waals surface area contributed by atoms with Gasteiger partial charge in [0.2, 0.25) is 0 Å². The minimum Gasteiger partial charge on any atom is -0.311 e. The van der Waals surface area contributed by atoms with Gasteiger partial charge < -0.3 is 4.74 Å². The summed E-state index contributed by atoms with van der Waals surface area (Å²) in [6, 6.07) is 0. The lowest BCUT2D eigenvalue weighted by Crippen LogP contribution is -2.48. The number of rotatable bonds is 4. The third kappa shape index (κ3) is 4.76. The molecule has 2 aliphatic carbocycles. The first-order valence-corrected chi connectivity index (χ1v) is 8.41. The maximum atomic E-state index is 14.2. The van der Waals surface area contributed by atoms with Crippen molar-refractivity contribution in [3.63, 3.8) is 0 Å². The standard InChI is InChI=1S/C16H23F7O/c1-9-2-4-10(5-3-9)11-6-7-13(12(17)8-11)24-16(22,23)14(18)15(19,20)21/h9-14H,2-8H2,1H3. The van der Waals surface area contributed by atoms with E-state index in [2.05, 4.69) is 11.7 Å². The summed E-state index contributed by atoms with van der Waals surface area (Å²) in [7, 11) is 0. The molecule has 4 atom stereocenters. The molecule has 0 aromatic heterocycles. The van der Waals surface area contributed by atoms with E-state index in [9.17, 15) is 30.7 Å². The van der Waals surface area contributed by atoms with Crippen LogP contribution in [0.25, 0.3) is 0 Å². The largest absolute Gasteiger partial charge is 0.428 e. The van der Waals surface area contributed by atoms with Crippen LogP contribution in [0.15, 0.2) is 0 Å². The van der Waals surface area contributed by atoms with Crippen LogP contribution >= 0.6 is 0 Å². The van der Waals surface area contributed by atoms with E-state index in [0.29, 0.717) is 18.3 Å². The van der Waals surface area contributed by atoms with Crippen LogP contribution in [0.1, 0.15) is 51.9 Å². The molecule has 0 aromatic carbocycles. The number of alkyl halides is 7. The van der Waals surface area contributed by atoms with Crippen LogP contribution in [0.5, 0.6) is 0 Å². The Hall–Kier alpha value is -0.530. The lowest BCUT2D eigenvalue weighted by molar-refractivity contribution is -0.354. The fourth-order valence-corrected chi connectivity index (χ4v) is 3.89. The molecule has 142 valence electrons. The van der Waals surface area contributed by atoms with Gasteiger partial charge in [0.25, 0.3) is 6.17 Å². The highest BCUT2D eigenvalue weighted by molar-refractivity contribution is 4.88. The molecule has 0 aromatic rings. The van der Waals surface area contributed by atoms with Gasteiger partial charge in [-0.25, -0.2) is 8.78 Å². The van der Waals surface area contributed by atoms with Crippen LogP contribution in [0, 0.1) is 17.8 Å². The van der Waals surface area contributed by atoms with Gasteiger partial charge in [-0.3, -0.25) is 0 Å². The normalized spacial score (nSPS) is 37.2. The van der Waals surface area contributed by atoms with Crippen LogP contribution < -0.4 is 0 Å². The molecule has 4 unspecified atom stereocenters. The van der Waals surface area contributed by atoms with E-state index < -0.39 is 30.7 Å². The van der Waals surface area contributed by atoms with Gasteiger partial charge in [0, 0.05) is 0 Å². The predicted molar refractivity (Wildman–Crippen MR) is 74.1 cm³/mol. The molecule has 2 aliphatic rings. The summed E-state index contributed by atoms with van der Waals surface area (Å²) < 4.78 is 93.8. The molecule has 0 amide bonds. The Kier molecular flexibility index (Phi) is 6.08. The smallest absolute Gasteiger partial charge is 0.311 e. The Bertz CT molecular complexity index is 404. The summed E-state index contributed by atoms with van der Waals surface area (Å²) in [6.07, 6.45) is -14.4. The molecule has 0 aliphatic heterocycles. The average Bonchev–Trinajstić information content (AvgIpc) is 2.48. The lowest BCUT2D eigenvalue weighted by atomic mass is 9.70. The van der Waals surface area contributed by atoms with Crippen molar-refractivity contribution in [1.82, 2.24) is 0 Å². The molecule has 2 rings (SSSR count). The van der Waals surface area contributed by atoms with E-state index in [1.807, 2.05) is 0 Å². The highest BCUT2D eigenvalue weighted by atomic mass is 19.4. The van der Waals surface area contributed by atoms with Gasteiger partial charge in [-0.1, -0.05) is 19.8 Å². The molecule has 0 spiro atoms. The monoisotopic (exact) mass is 364 g/mol. The molecule has 24 heavy (non-hydrogen) atoms. The molecule has 0 radical (unpaired) electrons. The third-order valence-corrected chi connectivity index (χ3v) is 5.37. The van der Waals surface area contributed by atoms with Gasteiger partial charge in [-0.05, 0) is 49.9 Å². The fraction of sp³-hybridized carbons (Fsp3) is 1.00. The zero-order chi connectivity index (χ0) is 18.1. The summed E-state index contributed by atoms with van der Waals surface area (Å²) in [4.78, 5) is 0. The summed E-state index contributed by atoms with van der Waals surface area (Å²) in [5.41, 5.74) is 0. The average molecular weight is 364 g/mol. The van der Waals surface area contributed by atoms with Crippen molar-refractivity contribution in [3.8, 4) is 0 Å². The van der Waals surface area contributed by atoms with E-state index in [-0.39, 0.29) is 18.8 Å². The van der Waals surface area contributed by atoms with Gasteiger partial charge in [0.05, 0.1) is 6.10 Å². The second-order valence-electron chi connectivity index (χ2n) is 7.23. The minimum atomic E-state index is -5.74.